The molecule has 0 saturated heterocycles. The normalized spacial score (nSPS) is 14.1. The third kappa shape index (κ3) is 3.03. The van der Waals surface area contributed by atoms with Crippen molar-refractivity contribution in [2.24, 2.45) is 0 Å². The summed E-state index contributed by atoms with van der Waals surface area (Å²) < 4.78 is 10.8. The number of rotatable bonds is 4. The van der Waals surface area contributed by atoms with Crippen LogP contribution in [0.15, 0.2) is 60.8 Å². The minimum Gasteiger partial charge on any atom is -0.454 e. The Kier molecular flexibility index (Phi) is 4.09. The lowest BCUT2D eigenvalue weighted by Crippen LogP contribution is -2.29. The number of amides is 1. The third-order valence-electron chi connectivity index (χ3n) is 5.04. The highest BCUT2D eigenvalue weighted by molar-refractivity contribution is 6.06. The van der Waals surface area contributed by atoms with Crippen molar-refractivity contribution in [3.05, 3.63) is 77.6 Å². The van der Waals surface area contributed by atoms with Crippen LogP contribution < -0.4 is 19.7 Å². The van der Waals surface area contributed by atoms with Crippen LogP contribution in [0.1, 0.15) is 21.6 Å². The van der Waals surface area contributed by atoms with E-state index < -0.39 is 0 Å². The van der Waals surface area contributed by atoms with E-state index in [0.717, 1.165) is 34.9 Å². The summed E-state index contributed by atoms with van der Waals surface area (Å²) in [4.78, 5) is 19.1. The van der Waals surface area contributed by atoms with E-state index >= 15 is 0 Å². The topological polar surface area (TPSA) is 63.7 Å². The van der Waals surface area contributed by atoms with Gasteiger partial charge in [-0.1, -0.05) is 24.3 Å². The summed E-state index contributed by atoms with van der Waals surface area (Å²) in [5, 5.41) is 3.35. The highest BCUT2D eigenvalue weighted by Gasteiger charge is 2.26. The number of para-hydroxylation sites is 1. The lowest BCUT2D eigenvalue weighted by molar-refractivity contribution is 0.0984. The quantitative estimate of drug-likeness (QED) is 0.757. The van der Waals surface area contributed by atoms with Gasteiger partial charge in [-0.2, -0.15) is 0 Å². The number of anilines is 2. The van der Waals surface area contributed by atoms with Crippen molar-refractivity contribution in [1.82, 2.24) is 4.98 Å². The highest BCUT2D eigenvalue weighted by Crippen LogP contribution is 2.33. The Morgan fingerprint density at radius 2 is 1.96 bits per heavy atom. The molecular formula is C22H19N3O3. The number of aromatic nitrogens is 1. The number of carbonyl (C=O) groups is 1. The molecular weight excluding hydrogens is 354 g/mol. The average molecular weight is 373 g/mol. The second kappa shape index (κ2) is 6.88. The lowest BCUT2D eigenvalue weighted by Gasteiger charge is -2.17. The van der Waals surface area contributed by atoms with Gasteiger partial charge in [0.2, 0.25) is 6.79 Å². The van der Waals surface area contributed by atoms with Gasteiger partial charge in [0.25, 0.3) is 5.91 Å². The van der Waals surface area contributed by atoms with E-state index in [2.05, 4.69) is 16.4 Å². The molecule has 1 amide bonds. The van der Waals surface area contributed by atoms with Gasteiger partial charge in [-0.15, -0.1) is 0 Å². The molecule has 5 rings (SSSR count). The van der Waals surface area contributed by atoms with Crippen molar-refractivity contribution < 1.29 is 14.3 Å². The van der Waals surface area contributed by atoms with Crippen LogP contribution in [0.5, 0.6) is 11.5 Å². The molecule has 28 heavy (non-hydrogen) atoms. The van der Waals surface area contributed by atoms with E-state index in [4.69, 9.17) is 9.47 Å². The van der Waals surface area contributed by atoms with Crippen LogP contribution in [0.25, 0.3) is 0 Å². The van der Waals surface area contributed by atoms with E-state index in [1.807, 2.05) is 42.5 Å². The van der Waals surface area contributed by atoms with Gasteiger partial charge in [0.1, 0.15) is 5.69 Å². The van der Waals surface area contributed by atoms with E-state index in [1.54, 1.807) is 17.2 Å². The zero-order valence-electron chi connectivity index (χ0n) is 15.2. The van der Waals surface area contributed by atoms with Gasteiger partial charge in [-0.3, -0.25) is 9.78 Å². The van der Waals surface area contributed by atoms with E-state index in [9.17, 15) is 4.79 Å². The molecule has 1 N–H and O–H groups in total. The van der Waals surface area contributed by atoms with Crippen molar-refractivity contribution in [2.75, 3.05) is 23.6 Å². The van der Waals surface area contributed by atoms with Crippen molar-refractivity contribution in [3.63, 3.8) is 0 Å². The first-order valence-electron chi connectivity index (χ1n) is 9.26. The van der Waals surface area contributed by atoms with E-state index in [0.29, 0.717) is 18.8 Å². The Labute approximate surface area is 162 Å². The van der Waals surface area contributed by atoms with Gasteiger partial charge in [-0.25, -0.2) is 0 Å². The Bertz CT molecular complexity index is 1050. The summed E-state index contributed by atoms with van der Waals surface area (Å²) in [7, 11) is 0. The molecule has 3 aromatic rings. The van der Waals surface area contributed by atoms with Crippen LogP contribution in [-0.4, -0.2) is 24.2 Å². The number of benzene rings is 2. The van der Waals surface area contributed by atoms with Gasteiger partial charge in [0, 0.05) is 30.7 Å². The van der Waals surface area contributed by atoms with E-state index in [1.165, 1.54) is 5.56 Å². The summed E-state index contributed by atoms with van der Waals surface area (Å²) in [5.41, 5.74) is 4.54. The molecule has 0 fully saturated rings. The maximum atomic E-state index is 13.0. The molecule has 3 heterocycles. The largest absolute Gasteiger partial charge is 0.454 e. The van der Waals surface area contributed by atoms with Gasteiger partial charge in [0.05, 0.1) is 0 Å². The van der Waals surface area contributed by atoms with Crippen molar-refractivity contribution in [2.45, 2.75) is 13.0 Å². The van der Waals surface area contributed by atoms with Crippen molar-refractivity contribution in [3.8, 4) is 11.5 Å². The van der Waals surface area contributed by atoms with Crippen LogP contribution in [0, 0.1) is 0 Å². The van der Waals surface area contributed by atoms with Crippen LogP contribution in [0.2, 0.25) is 0 Å². The second-order valence-electron chi connectivity index (χ2n) is 6.81. The molecule has 0 aliphatic carbocycles. The Balaban J connectivity index is 1.31. The molecule has 0 radical (unpaired) electrons. The fraction of sp³-hybridized carbons (Fsp3) is 0.182. The Hall–Kier alpha value is -3.54. The van der Waals surface area contributed by atoms with Crippen LogP contribution in [-0.2, 0) is 13.0 Å². The lowest BCUT2D eigenvalue weighted by atomic mass is 10.2. The molecule has 0 atom stereocenters. The van der Waals surface area contributed by atoms with Crippen LogP contribution >= 0.6 is 0 Å². The SMILES string of the molecule is O=C(c1cc(NCc2ccc3c(c2)OCO3)ccn1)N1CCc2ccccc21. The minimum absolute atomic E-state index is 0.0725. The smallest absolute Gasteiger partial charge is 0.276 e. The first kappa shape index (κ1) is 16.6. The number of hydrogen-bond acceptors (Lipinski definition) is 5. The number of nitrogens with zero attached hydrogens (tertiary/aromatic N) is 2. The molecule has 6 heteroatoms. The number of nitrogens with one attached hydrogen (secondary N) is 1. The number of ether oxygens (including phenoxy) is 2. The van der Waals surface area contributed by atoms with Crippen LogP contribution in [0.3, 0.4) is 0 Å². The fourth-order valence-corrected chi connectivity index (χ4v) is 3.60. The average Bonchev–Trinajstić information content (AvgIpc) is 3.38. The first-order chi connectivity index (χ1) is 13.8. The Morgan fingerprint density at radius 1 is 1.07 bits per heavy atom. The number of hydrogen-bond donors (Lipinski definition) is 1. The summed E-state index contributed by atoms with van der Waals surface area (Å²) in [6.45, 7) is 1.57. The summed E-state index contributed by atoms with van der Waals surface area (Å²) >= 11 is 0. The van der Waals surface area contributed by atoms with E-state index in [-0.39, 0.29) is 12.7 Å². The number of carbonyl (C=O) groups excluding carboxylic acids is 1. The molecule has 0 bridgehead atoms. The molecule has 2 aliphatic rings. The highest BCUT2D eigenvalue weighted by atomic mass is 16.7. The molecule has 2 aliphatic heterocycles. The minimum atomic E-state index is -0.0725. The number of fused-ring (bicyclic) bond motifs is 2. The monoisotopic (exact) mass is 373 g/mol. The Morgan fingerprint density at radius 3 is 2.93 bits per heavy atom. The molecule has 2 aromatic carbocycles. The molecule has 0 unspecified atom stereocenters. The van der Waals surface area contributed by atoms with Crippen molar-refractivity contribution >= 4 is 17.3 Å². The predicted molar refractivity (Wildman–Crippen MR) is 106 cm³/mol. The fourth-order valence-electron chi connectivity index (χ4n) is 3.60. The molecule has 0 spiro atoms. The molecule has 0 saturated carbocycles. The predicted octanol–water partition coefficient (Wildman–Crippen LogP) is 3.63. The molecule has 140 valence electrons. The van der Waals surface area contributed by atoms with Crippen molar-refractivity contribution in [1.29, 1.82) is 0 Å². The van der Waals surface area contributed by atoms with Gasteiger partial charge < -0.3 is 19.7 Å². The summed E-state index contributed by atoms with van der Waals surface area (Å²) in [6, 6.07) is 17.6. The maximum absolute atomic E-state index is 13.0. The zero-order valence-corrected chi connectivity index (χ0v) is 15.2. The number of pyridine rings is 1. The molecule has 1 aromatic heterocycles. The van der Waals surface area contributed by atoms with Crippen LogP contribution in [0.4, 0.5) is 11.4 Å². The standard InChI is InChI=1S/C22H19N3O3/c26-22(25-10-8-16-3-1-2-4-19(16)25)18-12-17(7-9-23-18)24-13-15-5-6-20-21(11-15)28-14-27-20/h1-7,9,11-12H,8,10,13-14H2,(H,23,24). The zero-order chi connectivity index (χ0) is 18.9. The van der Waals surface area contributed by atoms with Gasteiger partial charge in [-0.05, 0) is 47.9 Å². The summed E-state index contributed by atoms with van der Waals surface area (Å²) in [5.74, 6) is 1.46. The second-order valence-corrected chi connectivity index (χ2v) is 6.81. The van der Waals surface area contributed by atoms with Gasteiger partial charge in [0.15, 0.2) is 11.5 Å². The molecule has 6 nitrogen and oxygen atoms in total. The summed E-state index contributed by atoms with van der Waals surface area (Å²) in [6.07, 6.45) is 2.54. The van der Waals surface area contributed by atoms with Gasteiger partial charge >= 0.3 is 0 Å². The first-order valence-corrected chi connectivity index (χ1v) is 9.26. The third-order valence-corrected chi connectivity index (χ3v) is 5.04. The maximum Gasteiger partial charge on any atom is 0.276 e.